The van der Waals surface area contributed by atoms with Crippen LogP contribution in [0.25, 0.3) is 64.5 Å². The number of nitrogens with zero attached hydrogens (tertiary/aromatic N) is 6. The van der Waals surface area contributed by atoms with Gasteiger partial charge in [-0.2, -0.15) is 0 Å². The van der Waals surface area contributed by atoms with Crippen molar-refractivity contribution in [1.82, 2.24) is 9.97 Å². The number of hydrogen-bond acceptors (Lipinski definition) is 7. The monoisotopic (exact) mass is 848 g/mol. The molecule has 3 N–H and O–H groups in total. The smallest absolute Gasteiger partial charge is 1.00 e. The largest absolute Gasteiger partial charge is 1.00 e. The summed E-state index contributed by atoms with van der Waals surface area (Å²) in [5.41, 5.74) is 20.1. The molecule has 45 heavy (non-hydrogen) atoms. The fourth-order valence-electron chi connectivity index (χ4n) is 4.16. The molecule has 0 amide bonds. The van der Waals surface area contributed by atoms with Gasteiger partial charge in [0.1, 0.15) is 11.5 Å². The van der Waals surface area contributed by atoms with Crippen molar-refractivity contribution in [3.63, 3.8) is 0 Å². The van der Waals surface area contributed by atoms with Gasteiger partial charge < -0.3 is 31.4 Å². The number of aromatic hydroxyl groups is 1. The van der Waals surface area contributed by atoms with Crippen molar-refractivity contribution in [2.45, 2.75) is 13.3 Å². The van der Waals surface area contributed by atoms with Crippen LogP contribution in [0.3, 0.4) is 0 Å². The number of azide groups is 2. The number of aromatic amines is 2. The first kappa shape index (κ1) is 41.3. The van der Waals surface area contributed by atoms with Gasteiger partial charge in [-0.25, -0.2) is 0 Å². The molecule has 13 nitrogen and oxygen atoms in total. The number of para-hydroxylation sites is 2. The number of rotatable bonds is 7. The number of aromatic nitrogens is 2. The number of nitrogens with one attached hydrogen (secondary N) is 2. The molecule has 0 radical (unpaired) electrons. The van der Waals surface area contributed by atoms with Crippen molar-refractivity contribution >= 4 is 50.1 Å². The summed E-state index contributed by atoms with van der Waals surface area (Å²) in [6.45, 7) is 3.13. The molecule has 0 spiro atoms. The number of carbonyl (C=O) groups is 1. The molecular weight excluding hydrogens is 818 g/mol. The van der Waals surface area contributed by atoms with Gasteiger partial charge in [-0.1, -0.05) is 60.0 Å². The van der Waals surface area contributed by atoms with Crippen molar-refractivity contribution in [3.8, 4) is 11.5 Å². The van der Waals surface area contributed by atoms with E-state index < -0.39 is 0 Å². The normalized spacial score (nSPS) is 9.29. The van der Waals surface area contributed by atoms with Crippen LogP contribution >= 0.6 is 0 Å². The molecule has 6 aromatic rings. The van der Waals surface area contributed by atoms with E-state index >= 15 is 0 Å². The number of benzene rings is 4. The van der Waals surface area contributed by atoms with Gasteiger partial charge in [-0.05, 0) is 47.5 Å². The Bertz CT molecular complexity index is 1890. The maximum absolute atomic E-state index is 9.34. The van der Waals surface area contributed by atoms with Crippen LogP contribution in [0.1, 0.15) is 14.8 Å². The quantitative estimate of drug-likeness (QED) is 0.0412. The maximum Gasteiger partial charge on any atom is 1.00 e. The molecule has 222 valence electrons. The minimum atomic E-state index is -0.181. The van der Waals surface area contributed by atoms with E-state index in [1.165, 1.54) is 16.2 Å². The SMILES string of the molecule is CCCN=[N+]=[N-].O=CO[O-].Oc1ccc2c(c1)[nH]c1ccccc12.[Cs+].[Cs+].[H-].[N-]=[N+]=NCCOc1ccc2c(c1)[nH]c1ccccc12. The summed E-state index contributed by atoms with van der Waals surface area (Å²) in [5.74, 6) is 1.07. The Hall–Kier alpha value is -1.77. The van der Waals surface area contributed by atoms with Gasteiger partial charge in [-0.15, -0.1) is 0 Å². The van der Waals surface area contributed by atoms with Crippen LogP contribution in [0.5, 0.6) is 11.5 Å². The van der Waals surface area contributed by atoms with Crippen LogP contribution in [0, 0.1) is 0 Å². The van der Waals surface area contributed by atoms with Gasteiger partial charge in [0.25, 0.3) is 6.47 Å². The summed E-state index contributed by atoms with van der Waals surface area (Å²) in [6, 6.07) is 27.6. The van der Waals surface area contributed by atoms with Crippen LogP contribution in [-0.2, 0) is 9.68 Å². The summed E-state index contributed by atoms with van der Waals surface area (Å²) in [5, 5.41) is 29.2. The summed E-state index contributed by atoms with van der Waals surface area (Å²) in [4.78, 5) is 23.1. The van der Waals surface area contributed by atoms with E-state index in [0.717, 1.165) is 39.6 Å². The standard InChI is InChI=1S/C14H12N4O.C12H9NO.C3H7N3.CH2O3.2Cs.H/c15-18-16-7-8-19-10-5-6-12-11-3-1-2-4-13(11)17-14(12)9-10;14-8-5-6-10-9-3-1-2-4-11(9)13-12(10)7-8;1-2-3-5-6-4;2-1-4-3;;;/h1-6,9,17H,7-8H2;1-7,13-14H;2-3H2,1H3;1,3H;;;/q;;;;2*+1;-1/p-1. The molecule has 0 atom stereocenters. The van der Waals surface area contributed by atoms with Crippen molar-refractivity contribution in [1.29, 1.82) is 0 Å². The first-order chi connectivity index (χ1) is 21.1. The third kappa shape index (κ3) is 13.1. The average molecular weight is 848 g/mol. The van der Waals surface area contributed by atoms with E-state index in [2.05, 4.69) is 53.1 Å². The summed E-state index contributed by atoms with van der Waals surface area (Å²) in [7, 11) is 0. The van der Waals surface area contributed by atoms with Gasteiger partial charge in [-0.3, -0.25) is 4.79 Å². The Morgan fingerprint density at radius 1 is 0.800 bits per heavy atom. The second kappa shape index (κ2) is 23.5. The van der Waals surface area contributed by atoms with Crippen LogP contribution in [0.2, 0.25) is 0 Å². The van der Waals surface area contributed by atoms with Crippen molar-refractivity contribution < 1.29 is 164 Å². The Morgan fingerprint density at radius 2 is 1.29 bits per heavy atom. The van der Waals surface area contributed by atoms with Crippen LogP contribution < -0.4 is 148 Å². The number of hydrogen-bond donors (Lipinski definition) is 3. The number of fused-ring (bicyclic) bond motifs is 6. The molecule has 0 fully saturated rings. The summed E-state index contributed by atoms with van der Waals surface area (Å²) in [6.07, 6.45) is 0.935. The van der Waals surface area contributed by atoms with Crippen LogP contribution in [0.4, 0.5) is 0 Å². The Balaban J connectivity index is 0.000000663. The van der Waals surface area contributed by atoms with Gasteiger partial charge in [0.2, 0.25) is 0 Å². The molecule has 2 aromatic heterocycles. The predicted molar refractivity (Wildman–Crippen MR) is 165 cm³/mol. The molecule has 0 saturated carbocycles. The summed E-state index contributed by atoms with van der Waals surface area (Å²) >= 11 is 0. The molecule has 6 rings (SSSR count). The predicted octanol–water partition coefficient (Wildman–Crippen LogP) is 1.30. The van der Waals surface area contributed by atoms with Crippen molar-refractivity contribution in [3.05, 3.63) is 106 Å². The zero-order chi connectivity index (χ0) is 30.9. The third-order valence-corrected chi connectivity index (χ3v) is 5.92. The molecule has 15 heteroatoms. The van der Waals surface area contributed by atoms with Crippen molar-refractivity contribution in [2.75, 3.05) is 19.7 Å². The maximum atomic E-state index is 9.34. The Morgan fingerprint density at radius 3 is 1.80 bits per heavy atom. The minimum absolute atomic E-state index is 0. The van der Waals surface area contributed by atoms with E-state index in [9.17, 15) is 5.11 Å². The zero-order valence-corrected chi connectivity index (χ0v) is 37.8. The Labute approximate surface area is 377 Å². The third-order valence-electron chi connectivity index (χ3n) is 5.92. The molecule has 2 heterocycles. The van der Waals surface area contributed by atoms with Gasteiger partial charge in [0.05, 0.1) is 24.2 Å². The molecule has 0 saturated heterocycles. The molecule has 0 aliphatic carbocycles. The van der Waals surface area contributed by atoms with E-state index in [-0.39, 0.29) is 146 Å². The van der Waals surface area contributed by atoms with E-state index in [1.807, 2.05) is 61.5 Å². The molecule has 0 aliphatic heterocycles. The molecule has 4 aromatic carbocycles. The second-order valence-corrected chi connectivity index (χ2v) is 8.73. The number of phenolic OH excluding ortho intramolecular Hbond substituents is 1. The minimum Gasteiger partial charge on any atom is -1.00 e. The van der Waals surface area contributed by atoms with Gasteiger partial charge in [0, 0.05) is 61.1 Å². The van der Waals surface area contributed by atoms with Gasteiger partial charge in [0.15, 0.2) is 0 Å². The Kier molecular flexibility index (Phi) is 21.6. The average Bonchev–Trinajstić information content (AvgIpc) is 3.60. The van der Waals surface area contributed by atoms with E-state index in [0.29, 0.717) is 25.4 Å². The number of carbonyl (C=O) groups excluding carboxylic acids is 1. The van der Waals surface area contributed by atoms with E-state index in [4.69, 9.17) is 25.9 Å². The topological polar surface area (TPSA) is 208 Å². The van der Waals surface area contributed by atoms with Crippen molar-refractivity contribution in [2.24, 2.45) is 10.2 Å². The number of ether oxygens (including phenoxy) is 1. The molecular formula is C30H30Cs2N8O5. The zero-order valence-electron chi connectivity index (χ0n) is 26.3. The first-order valence-corrected chi connectivity index (χ1v) is 13.1. The van der Waals surface area contributed by atoms with Gasteiger partial charge >= 0.3 is 138 Å². The first-order valence-electron chi connectivity index (χ1n) is 13.1. The number of H-pyrrole nitrogens is 2. The number of phenols is 1. The van der Waals surface area contributed by atoms with Crippen LogP contribution in [0.15, 0.2) is 95.2 Å². The fourth-order valence-corrected chi connectivity index (χ4v) is 4.16. The van der Waals surface area contributed by atoms with E-state index in [1.54, 1.807) is 12.1 Å². The molecule has 0 aliphatic rings. The van der Waals surface area contributed by atoms with Crippen LogP contribution in [-0.4, -0.2) is 41.2 Å². The molecule has 0 bridgehead atoms. The molecule has 0 unspecified atom stereocenters. The fraction of sp³-hybridized carbons (Fsp3) is 0.167. The summed E-state index contributed by atoms with van der Waals surface area (Å²) < 4.78 is 5.53. The second-order valence-electron chi connectivity index (χ2n) is 8.73.